The van der Waals surface area contributed by atoms with E-state index in [9.17, 15) is 13.6 Å². The number of halogens is 2. The molecule has 4 rings (SSSR count). The number of aromatic nitrogens is 3. The zero-order chi connectivity index (χ0) is 20.2. The van der Waals surface area contributed by atoms with Gasteiger partial charge in [-0.2, -0.15) is 0 Å². The van der Waals surface area contributed by atoms with Gasteiger partial charge in [0.1, 0.15) is 29.4 Å². The SMILES string of the molecule is O=C(NCCc1nnc2n1CCN(Cc1c(F)cccc1F)CC2)[C@H]1CCCO1. The fourth-order valence-corrected chi connectivity index (χ4v) is 3.87. The second kappa shape index (κ2) is 8.96. The number of nitrogens with zero attached hydrogens (tertiary/aromatic N) is 4. The Morgan fingerprint density at radius 1 is 1.21 bits per heavy atom. The summed E-state index contributed by atoms with van der Waals surface area (Å²) in [6.07, 6.45) is 2.59. The van der Waals surface area contributed by atoms with Gasteiger partial charge in [0.25, 0.3) is 0 Å². The molecule has 0 radical (unpaired) electrons. The highest BCUT2D eigenvalue weighted by molar-refractivity contribution is 5.80. The van der Waals surface area contributed by atoms with Crippen LogP contribution in [0.2, 0.25) is 0 Å². The van der Waals surface area contributed by atoms with Gasteiger partial charge in [-0.15, -0.1) is 10.2 Å². The summed E-state index contributed by atoms with van der Waals surface area (Å²) in [7, 11) is 0. The highest BCUT2D eigenvalue weighted by atomic mass is 19.1. The summed E-state index contributed by atoms with van der Waals surface area (Å²) < 4.78 is 35.3. The second-order valence-corrected chi connectivity index (χ2v) is 7.45. The lowest BCUT2D eigenvalue weighted by atomic mass is 10.2. The van der Waals surface area contributed by atoms with Gasteiger partial charge in [-0.3, -0.25) is 9.69 Å². The van der Waals surface area contributed by atoms with E-state index in [0.29, 0.717) is 45.6 Å². The molecule has 0 spiro atoms. The first kappa shape index (κ1) is 19.9. The largest absolute Gasteiger partial charge is 0.368 e. The van der Waals surface area contributed by atoms with Gasteiger partial charge in [-0.05, 0) is 25.0 Å². The fourth-order valence-electron chi connectivity index (χ4n) is 3.87. The average molecular weight is 405 g/mol. The third-order valence-electron chi connectivity index (χ3n) is 5.51. The molecule has 3 heterocycles. The van der Waals surface area contributed by atoms with E-state index in [1.807, 2.05) is 4.90 Å². The van der Waals surface area contributed by atoms with E-state index in [4.69, 9.17) is 4.74 Å². The van der Waals surface area contributed by atoms with Gasteiger partial charge in [-0.25, -0.2) is 8.78 Å². The number of benzene rings is 1. The molecule has 0 saturated carbocycles. The summed E-state index contributed by atoms with van der Waals surface area (Å²) in [4.78, 5) is 14.1. The molecule has 1 atom stereocenters. The first-order valence-corrected chi connectivity index (χ1v) is 10.1. The van der Waals surface area contributed by atoms with E-state index in [1.54, 1.807) is 0 Å². The number of amides is 1. The maximum Gasteiger partial charge on any atom is 0.249 e. The predicted octanol–water partition coefficient (Wildman–Crippen LogP) is 1.45. The van der Waals surface area contributed by atoms with Gasteiger partial charge < -0.3 is 14.6 Å². The Morgan fingerprint density at radius 3 is 2.79 bits per heavy atom. The summed E-state index contributed by atoms with van der Waals surface area (Å²) in [5.41, 5.74) is 0.0993. The topological polar surface area (TPSA) is 72.3 Å². The van der Waals surface area contributed by atoms with E-state index in [2.05, 4.69) is 20.1 Å². The highest BCUT2D eigenvalue weighted by Crippen LogP contribution is 2.17. The van der Waals surface area contributed by atoms with Crippen LogP contribution in [0.15, 0.2) is 18.2 Å². The van der Waals surface area contributed by atoms with E-state index in [-0.39, 0.29) is 24.1 Å². The van der Waals surface area contributed by atoms with Crippen LogP contribution in [0, 0.1) is 11.6 Å². The molecular weight excluding hydrogens is 380 g/mol. The lowest BCUT2D eigenvalue weighted by Gasteiger charge is -2.20. The Bertz CT molecular complexity index is 846. The normalized spacial score (nSPS) is 19.7. The molecule has 7 nitrogen and oxygen atoms in total. The van der Waals surface area contributed by atoms with Crippen molar-refractivity contribution in [2.24, 2.45) is 0 Å². The van der Waals surface area contributed by atoms with Crippen molar-refractivity contribution >= 4 is 5.91 Å². The number of hydrogen-bond acceptors (Lipinski definition) is 5. The number of nitrogens with one attached hydrogen (secondary N) is 1. The molecule has 1 aromatic heterocycles. The Morgan fingerprint density at radius 2 is 2.03 bits per heavy atom. The molecule has 2 aliphatic heterocycles. The van der Waals surface area contributed by atoms with Crippen molar-refractivity contribution < 1.29 is 18.3 Å². The van der Waals surface area contributed by atoms with Crippen LogP contribution in [0.4, 0.5) is 8.78 Å². The van der Waals surface area contributed by atoms with Gasteiger partial charge in [0.05, 0.1) is 0 Å². The molecule has 2 aliphatic rings. The van der Waals surface area contributed by atoms with Crippen molar-refractivity contribution in [1.82, 2.24) is 25.0 Å². The van der Waals surface area contributed by atoms with Gasteiger partial charge in [0.15, 0.2) is 0 Å². The van der Waals surface area contributed by atoms with Crippen molar-refractivity contribution in [3.8, 4) is 0 Å². The van der Waals surface area contributed by atoms with Crippen LogP contribution in [0.25, 0.3) is 0 Å². The Kier molecular flexibility index (Phi) is 6.15. The molecular formula is C20H25F2N5O2. The van der Waals surface area contributed by atoms with Crippen LogP contribution in [-0.2, 0) is 35.5 Å². The van der Waals surface area contributed by atoms with Crippen molar-refractivity contribution in [2.45, 2.75) is 44.9 Å². The minimum absolute atomic E-state index is 0.0730. The molecule has 1 N–H and O–H groups in total. The number of ether oxygens (including phenoxy) is 1. The molecule has 9 heteroatoms. The Hall–Kier alpha value is -2.39. The monoisotopic (exact) mass is 405 g/mol. The maximum atomic E-state index is 14.0. The third-order valence-corrected chi connectivity index (χ3v) is 5.51. The van der Waals surface area contributed by atoms with Crippen LogP contribution < -0.4 is 5.32 Å². The summed E-state index contributed by atoms with van der Waals surface area (Å²) in [5, 5.41) is 11.4. The quantitative estimate of drug-likeness (QED) is 0.788. The summed E-state index contributed by atoms with van der Waals surface area (Å²) in [6, 6.07) is 3.95. The molecule has 2 aromatic rings. The average Bonchev–Trinajstić information content (AvgIpc) is 3.33. The summed E-state index contributed by atoms with van der Waals surface area (Å²) >= 11 is 0. The highest BCUT2D eigenvalue weighted by Gasteiger charge is 2.24. The molecule has 1 amide bonds. The fraction of sp³-hybridized carbons (Fsp3) is 0.550. The molecule has 0 unspecified atom stereocenters. The minimum Gasteiger partial charge on any atom is -0.368 e. The Labute approximate surface area is 168 Å². The van der Waals surface area contributed by atoms with E-state index in [1.165, 1.54) is 18.2 Å². The van der Waals surface area contributed by atoms with Crippen molar-refractivity contribution in [3.63, 3.8) is 0 Å². The van der Waals surface area contributed by atoms with Gasteiger partial charge in [-0.1, -0.05) is 6.07 Å². The van der Waals surface area contributed by atoms with Crippen LogP contribution in [0.5, 0.6) is 0 Å². The van der Waals surface area contributed by atoms with Crippen LogP contribution in [0.3, 0.4) is 0 Å². The second-order valence-electron chi connectivity index (χ2n) is 7.45. The number of rotatable bonds is 6. The van der Waals surface area contributed by atoms with E-state index >= 15 is 0 Å². The zero-order valence-corrected chi connectivity index (χ0v) is 16.2. The Balaban J connectivity index is 1.32. The molecule has 0 bridgehead atoms. The maximum absolute atomic E-state index is 14.0. The van der Waals surface area contributed by atoms with Crippen LogP contribution in [-0.4, -0.2) is 57.9 Å². The number of fused-ring (bicyclic) bond motifs is 1. The van der Waals surface area contributed by atoms with Crippen molar-refractivity contribution in [1.29, 1.82) is 0 Å². The number of carbonyl (C=O) groups excluding carboxylic acids is 1. The predicted molar refractivity (Wildman–Crippen MR) is 101 cm³/mol. The molecule has 0 aliphatic carbocycles. The minimum atomic E-state index is -0.517. The van der Waals surface area contributed by atoms with Crippen LogP contribution in [0.1, 0.15) is 30.1 Å². The number of carbonyl (C=O) groups is 1. The van der Waals surface area contributed by atoms with Crippen molar-refractivity contribution in [2.75, 3.05) is 26.2 Å². The van der Waals surface area contributed by atoms with Gasteiger partial charge in [0, 0.05) is 57.7 Å². The molecule has 156 valence electrons. The third kappa shape index (κ3) is 4.62. The van der Waals surface area contributed by atoms with Gasteiger partial charge >= 0.3 is 0 Å². The van der Waals surface area contributed by atoms with E-state index in [0.717, 1.165) is 24.5 Å². The molecule has 1 saturated heterocycles. The lowest BCUT2D eigenvalue weighted by molar-refractivity contribution is -0.130. The number of hydrogen-bond donors (Lipinski definition) is 1. The first-order chi connectivity index (χ1) is 14.1. The summed E-state index contributed by atoms with van der Waals surface area (Å²) in [6.45, 7) is 3.29. The standard InChI is InChI=1S/C20H25F2N5O2/c21-15-3-1-4-16(22)14(15)13-26-9-7-19-25-24-18(27(19)11-10-26)6-8-23-20(28)17-5-2-12-29-17/h1,3-4,17H,2,5-13H2,(H,23,28)/t17-/m1/s1. The summed E-state index contributed by atoms with van der Waals surface area (Å²) in [5.74, 6) is 0.567. The smallest absolute Gasteiger partial charge is 0.249 e. The molecule has 29 heavy (non-hydrogen) atoms. The lowest BCUT2D eigenvalue weighted by Crippen LogP contribution is -2.35. The van der Waals surface area contributed by atoms with Crippen LogP contribution >= 0.6 is 0 Å². The van der Waals surface area contributed by atoms with Crippen molar-refractivity contribution in [3.05, 3.63) is 47.0 Å². The van der Waals surface area contributed by atoms with E-state index < -0.39 is 11.6 Å². The zero-order valence-electron chi connectivity index (χ0n) is 16.2. The molecule has 1 fully saturated rings. The molecule has 1 aromatic carbocycles. The first-order valence-electron chi connectivity index (χ1n) is 10.1. The van der Waals surface area contributed by atoms with Gasteiger partial charge in [0.2, 0.25) is 5.91 Å².